The molecule has 0 spiro atoms. The first-order valence-corrected chi connectivity index (χ1v) is 6.72. The summed E-state index contributed by atoms with van der Waals surface area (Å²) in [7, 11) is 0. The van der Waals surface area contributed by atoms with Gasteiger partial charge in [0.15, 0.2) is 0 Å². The van der Waals surface area contributed by atoms with Crippen LogP contribution in [-0.2, 0) is 5.60 Å². The van der Waals surface area contributed by atoms with Gasteiger partial charge in [0.05, 0.1) is 5.02 Å². The van der Waals surface area contributed by atoms with Gasteiger partial charge in [-0.1, -0.05) is 48.0 Å². The number of benzene rings is 2. The van der Waals surface area contributed by atoms with Crippen molar-refractivity contribution in [3.05, 3.63) is 64.7 Å². The predicted octanol–water partition coefficient (Wildman–Crippen LogP) is 3.32. The van der Waals surface area contributed by atoms with Gasteiger partial charge < -0.3 is 14.9 Å². The van der Waals surface area contributed by atoms with Crippen LogP contribution in [0.15, 0.2) is 48.5 Å². The maximum atomic E-state index is 11.2. The summed E-state index contributed by atoms with van der Waals surface area (Å²) in [5, 5.41) is 19.7. The average molecular weight is 307 g/mol. The molecule has 2 aromatic rings. The van der Waals surface area contributed by atoms with Gasteiger partial charge in [-0.2, -0.15) is 0 Å². The fraction of sp³-hybridized carbons (Fsp3) is 0.188. The molecule has 2 rings (SSSR count). The molecule has 2 aromatic carbocycles. The third-order valence-corrected chi connectivity index (χ3v) is 3.41. The molecule has 0 aliphatic heterocycles. The highest BCUT2D eigenvalue weighted by atomic mass is 35.5. The van der Waals surface area contributed by atoms with Gasteiger partial charge in [0.1, 0.15) is 23.5 Å². The van der Waals surface area contributed by atoms with Gasteiger partial charge in [0.25, 0.3) is 0 Å². The maximum absolute atomic E-state index is 11.2. The van der Waals surface area contributed by atoms with Crippen LogP contribution >= 0.6 is 11.6 Å². The van der Waals surface area contributed by atoms with Crippen molar-refractivity contribution in [1.82, 2.24) is 0 Å². The van der Waals surface area contributed by atoms with E-state index in [-0.39, 0.29) is 22.9 Å². The fourth-order valence-corrected chi connectivity index (χ4v) is 2.18. The van der Waals surface area contributed by atoms with Crippen LogP contribution in [0.2, 0.25) is 5.02 Å². The second-order valence-electron chi connectivity index (χ2n) is 4.85. The van der Waals surface area contributed by atoms with Crippen LogP contribution in [0.3, 0.4) is 0 Å². The zero-order valence-corrected chi connectivity index (χ0v) is 12.2. The van der Waals surface area contributed by atoms with E-state index in [1.165, 1.54) is 12.1 Å². The van der Waals surface area contributed by atoms with E-state index in [4.69, 9.17) is 21.4 Å². The zero-order valence-electron chi connectivity index (χ0n) is 11.4. The van der Waals surface area contributed by atoms with Crippen molar-refractivity contribution < 1.29 is 19.7 Å². The molecule has 0 saturated heterocycles. The molecule has 1 atom stereocenters. The molecule has 0 saturated carbocycles. The minimum atomic E-state index is -1.24. The number of carboxylic acid groups (broad SMARTS) is 1. The summed E-state index contributed by atoms with van der Waals surface area (Å²) in [4.78, 5) is 11.2. The van der Waals surface area contributed by atoms with Crippen LogP contribution in [0, 0.1) is 0 Å². The molecule has 4 nitrogen and oxygen atoms in total. The summed E-state index contributed by atoms with van der Waals surface area (Å²) < 4.78 is 5.48. The Morgan fingerprint density at radius 2 is 1.86 bits per heavy atom. The number of halogens is 1. The number of carbonyl (C=O) groups is 1. The fourth-order valence-electron chi connectivity index (χ4n) is 1.93. The maximum Gasteiger partial charge on any atom is 0.341 e. The lowest BCUT2D eigenvalue weighted by Gasteiger charge is -2.24. The first-order valence-electron chi connectivity index (χ1n) is 6.34. The summed E-state index contributed by atoms with van der Waals surface area (Å²) in [6.45, 7) is 1.52. The summed E-state index contributed by atoms with van der Waals surface area (Å²) in [6.07, 6.45) is 0. The second-order valence-corrected chi connectivity index (χ2v) is 5.25. The minimum absolute atomic E-state index is 0.0857. The van der Waals surface area contributed by atoms with Crippen molar-refractivity contribution in [2.45, 2.75) is 12.5 Å². The van der Waals surface area contributed by atoms with E-state index < -0.39 is 11.6 Å². The highest BCUT2D eigenvalue weighted by Crippen LogP contribution is 2.28. The number of carboxylic acids is 1. The molecule has 110 valence electrons. The van der Waals surface area contributed by atoms with E-state index in [1.54, 1.807) is 25.1 Å². The molecule has 0 heterocycles. The monoisotopic (exact) mass is 306 g/mol. The summed E-state index contributed by atoms with van der Waals surface area (Å²) in [6, 6.07) is 13.6. The lowest BCUT2D eigenvalue weighted by atomic mass is 9.97. The van der Waals surface area contributed by atoms with Gasteiger partial charge >= 0.3 is 5.97 Å². The van der Waals surface area contributed by atoms with Gasteiger partial charge in [0.2, 0.25) is 0 Å². The minimum Gasteiger partial charge on any atom is -0.489 e. The highest BCUT2D eigenvalue weighted by Gasteiger charge is 2.25. The van der Waals surface area contributed by atoms with Crippen molar-refractivity contribution in [3.63, 3.8) is 0 Å². The molecule has 0 aliphatic carbocycles. The van der Waals surface area contributed by atoms with Crippen LogP contribution in [-0.4, -0.2) is 22.8 Å². The van der Waals surface area contributed by atoms with Crippen molar-refractivity contribution in [2.75, 3.05) is 6.61 Å². The van der Waals surface area contributed by atoms with Gasteiger partial charge in [0, 0.05) is 0 Å². The molecule has 0 radical (unpaired) electrons. The van der Waals surface area contributed by atoms with Crippen LogP contribution < -0.4 is 4.74 Å². The molecule has 2 N–H and O–H groups in total. The number of aliphatic hydroxyl groups is 1. The van der Waals surface area contributed by atoms with Gasteiger partial charge in [-0.3, -0.25) is 0 Å². The lowest BCUT2D eigenvalue weighted by molar-refractivity contribution is 0.00702. The smallest absolute Gasteiger partial charge is 0.341 e. The zero-order chi connectivity index (χ0) is 15.5. The standard InChI is InChI=1S/C16H15ClO4/c1-16(20,11-6-3-2-4-7-11)10-21-13-9-5-8-12(17)14(13)15(18)19/h2-9,20H,10H2,1H3,(H,18,19). The molecule has 0 amide bonds. The van der Waals surface area contributed by atoms with E-state index in [0.29, 0.717) is 5.56 Å². The van der Waals surface area contributed by atoms with E-state index >= 15 is 0 Å². The molecule has 5 heteroatoms. The van der Waals surface area contributed by atoms with Crippen molar-refractivity contribution in [2.24, 2.45) is 0 Å². The van der Waals surface area contributed by atoms with Crippen molar-refractivity contribution in [1.29, 1.82) is 0 Å². The Kier molecular flexibility index (Phi) is 4.50. The van der Waals surface area contributed by atoms with E-state index in [0.717, 1.165) is 0 Å². The Balaban J connectivity index is 2.21. The molecule has 0 aliphatic rings. The molecule has 0 bridgehead atoms. The summed E-state index contributed by atoms with van der Waals surface area (Å²) in [5.41, 5.74) is -0.661. The Hall–Kier alpha value is -2.04. The topological polar surface area (TPSA) is 66.8 Å². The van der Waals surface area contributed by atoms with E-state index in [1.807, 2.05) is 18.2 Å². The number of aromatic carboxylic acids is 1. The van der Waals surface area contributed by atoms with Crippen LogP contribution in [0.4, 0.5) is 0 Å². The molecular weight excluding hydrogens is 292 g/mol. The SMILES string of the molecule is CC(O)(COc1cccc(Cl)c1C(=O)O)c1ccccc1. The largest absolute Gasteiger partial charge is 0.489 e. The molecular formula is C16H15ClO4. The Morgan fingerprint density at radius 3 is 2.48 bits per heavy atom. The van der Waals surface area contributed by atoms with Crippen molar-refractivity contribution >= 4 is 17.6 Å². The first kappa shape index (κ1) is 15.4. The normalized spacial score (nSPS) is 13.5. The number of ether oxygens (including phenoxy) is 1. The average Bonchev–Trinajstić information content (AvgIpc) is 2.46. The number of rotatable bonds is 5. The van der Waals surface area contributed by atoms with E-state index in [9.17, 15) is 9.90 Å². The predicted molar refractivity (Wildman–Crippen MR) is 79.9 cm³/mol. The molecule has 21 heavy (non-hydrogen) atoms. The van der Waals surface area contributed by atoms with Crippen LogP contribution in [0.5, 0.6) is 5.75 Å². The molecule has 0 fully saturated rings. The van der Waals surface area contributed by atoms with Gasteiger partial charge in [-0.25, -0.2) is 4.79 Å². The molecule has 1 unspecified atom stereocenters. The third kappa shape index (κ3) is 3.54. The van der Waals surface area contributed by atoms with E-state index in [2.05, 4.69) is 0 Å². The number of hydrogen-bond acceptors (Lipinski definition) is 3. The third-order valence-electron chi connectivity index (χ3n) is 3.09. The van der Waals surface area contributed by atoms with Gasteiger partial charge in [-0.05, 0) is 24.6 Å². The first-order chi connectivity index (χ1) is 9.92. The number of hydrogen-bond donors (Lipinski definition) is 2. The van der Waals surface area contributed by atoms with Crippen LogP contribution in [0.1, 0.15) is 22.8 Å². The summed E-state index contributed by atoms with van der Waals surface area (Å²) in [5.74, 6) is -1.04. The molecule has 0 aromatic heterocycles. The lowest BCUT2D eigenvalue weighted by Crippen LogP contribution is -2.29. The second kappa shape index (κ2) is 6.16. The van der Waals surface area contributed by atoms with Crippen LogP contribution in [0.25, 0.3) is 0 Å². The van der Waals surface area contributed by atoms with Crippen molar-refractivity contribution in [3.8, 4) is 5.75 Å². The highest BCUT2D eigenvalue weighted by molar-refractivity contribution is 6.33. The van der Waals surface area contributed by atoms with Gasteiger partial charge in [-0.15, -0.1) is 0 Å². The Labute approximate surface area is 127 Å². The Morgan fingerprint density at radius 1 is 1.19 bits per heavy atom. The summed E-state index contributed by atoms with van der Waals surface area (Å²) >= 11 is 5.87. The quantitative estimate of drug-likeness (QED) is 0.889. The Bertz CT molecular complexity index is 638.